The zero-order chi connectivity index (χ0) is 36.2. The van der Waals surface area contributed by atoms with E-state index in [2.05, 4.69) is 48.2 Å². The fourth-order valence-electron chi connectivity index (χ4n) is 4.16. The van der Waals surface area contributed by atoms with Crippen LogP contribution in [0.5, 0.6) is 0 Å². The molecule has 47 heavy (non-hydrogen) atoms. The second-order valence-corrected chi connectivity index (χ2v) is 30.1. The van der Waals surface area contributed by atoms with Crippen LogP contribution >= 0.6 is 0 Å². The van der Waals surface area contributed by atoms with Crippen LogP contribution in [0, 0.1) is 0 Å². The Labute approximate surface area is 285 Å². The third-order valence-electron chi connectivity index (χ3n) is 6.26. The van der Waals surface area contributed by atoms with E-state index >= 15 is 0 Å². The van der Waals surface area contributed by atoms with Gasteiger partial charge in [-0.15, -0.1) is 0 Å². The number of anilines is 1. The van der Waals surface area contributed by atoms with Crippen LogP contribution < -0.4 is 24.8 Å². The molecule has 0 radical (unpaired) electrons. The Kier molecular flexibility index (Phi) is 16.0. The second-order valence-electron chi connectivity index (χ2n) is 15.6. The monoisotopic (exact) mass is 770 g/mol. The number of esters is 3. The first kappa shape index (κ1) is 42.0. The Balaban J connectivity index is 2.81. The van der Waals surface area contributed by atoms with Crippen molar-refractivity contribution in [2.45, 2.75) is 138 Å². The number of hydrogen-bond acceptors (Lipinski definition) is 8. The maximum Gasteiger partial charge on any atom is 0.329 e. The number of hydrogen-bond donors (Lipinski definition) is 4. The molecule has 1 aromatic rings. The van der Waals surface area contributed by atoms with Crippen LogP contribution in [0.3, 0.4) is 0 Å². The van der Waals surface area contributed by atoms with E-state index in [1.807, 2.05) is 12.1 Å². The molecule has 0 saturated carbocycles. The van der Waals surface area contributed by atoms with Gasteiger partial charge in [-0.2, -0.15) is 0 Å². The van der Waals surface area contributed by atoms with Gasteiger partial charge in [-0.1, -0.05) is 0 Å². The molecule has 0 heterocycles. The first-order valence-corrected chi connectivity index (χ1v) is 26.2. The van der Waals surface area contributed by atoms with Gasteiger partial charge in [0, 0.05) is 6.42 Å². The van der Waals surface area contributed by atoms with Crippen LogP contribution in [-0.4, -0.2) is 83.8 Å². The predicted molar refractivity (Wildman–Crippen MR) is 186 cm³/mol. The van der Waals surface area contributed by atoms with Crippen LogP contribution in [0.15, 0.2) is 24.3 Å². The largest absolute Gasteiger partial charge is 0.458 e. The second kappa shape index (κ2) is 17.9. The normalized spacial score (nSPS) is 13.4. The molecule has 0 bridgehead atoms. The molecule has 0 fully saturated rings. The van der Waals surface area contributed by atoms with Crippen LogP contribution in [-0.2, 0) is 28.6 Å². The molecule has 4 N–H and O–H groups in total. The van der Waals surface area contributed by atoms with Gasteiger partial charge in [0.25, 0.3) is 0 Å². The van der Waals surface area contributed by atoms with Crippen molar-refractivity contribution in [1.82, 2.24) is 16.0 Å². The maximum atomic E-state index is 13.1. The summed E-state index contributed by atoms with van der Waals surface area (Å²) in [5, 5.41) is 10.8. The minimum Gasteiger partial charge on any atom is -0.458 e. The summed E-state index contributed by atoms with van der Waals surface area (Å²) in [4.78, 5) is 70.7. The Morgan fingerprint density at radius 2 is 1.13 bits per heavy atom. The van der Waals surface area contributed by atoms with Crippen molar-refractivity contribution in [3.05, 3.63) is 24.3 Å². The van der Waals surface area contributed by atoms with Crippen molar-refractivity contribution in [2.24, 2.45) is 0 Å². The molecule has 1 aromatic carbocycles. The first-order chi connectivity index (χ1) is 21.3. The van der Waals surface area contributed by atoms with Crippen LogP contribution in [0.25, 0.3) is 0 Å². The van der Waals surface area contributed by atoms with Gasteiger partial charge in [0.15, 0.2) is 0 Å². The predicted octanol–water partition coefficient (Wildman–Crippen LogP) is 5.37. The molecule has 4 amide bonds. The van der Waals surface area contributed by atoms with Crippen molar-refractivity contribution >= 4 is 57.6 Å². The molecule has 13 heteroatoms. The number of nitrogens with one attached hydrogen (secondary N) is 4. The topological polar surface area (TPSA) is 161 Å². The summed E-state index contributed by atoms with van der Waals surface area (Å²) in [6, 6.07) is 4.63. The average molecular weight is 770 g/mol. The van der Waals surface area contributed by atoms with E-state index in [1.165, 1.54) is 3.58 Å². The summed E-state index contributed by atoms with van der Waals surface area (Å²) in [6.07, 6.45) is 1.03. The van der Waals surface area contributed by atoms with Gasteiger partial charge >= 0.3 is 144 Å². The molecule has 0 aliphatic rings. The van der Waals surface area contributed by atoms with E-state index in [0.29, 0.717) is 25.1 Å². The number of carbonyl (C=O) groups excluding carboxylic acids is 5. The number of rotatable bonds is 14. The Morgan fingerprint density at radius 1 is 0.660 bits per heavy atom. The Hall–Kier alpha value is -3.03. The summed E-state index contributed by atoms with van der Waals surface area (Å²) < 4.78 is 17.7. The summed E-state index contributed by atoms with van der Waals surface area (Å²) in [6.45, 7) is 15.8. The molecule has 0 aliphatic carbocycles. The number of ether oxygens (including phenoxy) is 3. The van der Waals surface area contributed by atoms with E-state index in [1.54, 1.807) is 62.3 Å². The van der Waals surface area contributed by atoms with Gasteiger partial charge in [-0.25, -0.2) is 14.4 Å². The van der Waals surface area contributed by atoms with E-state index in [0.717, 1.165) is 0 Å². The number of benzene rings is 1. The minimum atomic E-state index is -2.17. The fraction of sp³-hybridized carbons (Fsp3) is 0.676. The molecule has 1 rings (SSSR count). The third kappa shape index (κ3) is 19.4. The summed E-state index contributed by atoms with van der Waals surface area (Å²) in [5.41, 5.74) is -1.63. The molecular formula is C34H58N4O8Sn. The van der Waals surface area contributed by atoms with E-state index in [-0.39, 0.29) is 25.3 Å². The van der Waals surface area contributed by atoms with E-state index < -0.39 is 71.2 Å². The molecule has 0 unspecified atom stereocenters. The van der Waals surface area contributed by atoms with Crippen LogP contribution in [0.2, 0.25) is 14.8 Å². The van der Waals surface area contributed by atoms with Crippen LogP contribution in [0.4, 0.5) is 15.3 Å². The zero-order valence-corrected chi connectivity index (χ0v) is 33.3. The quantitative estimate of drug-likeness (QED) is 0.0852. The number of amides is 4. The molecule has 0 saturated heterocycles. The third-order valence-corrected chi connectivity index (χ3v) is 12.2. The average Bonchev–Trinajstić information content (AvgIpc) is 2.86. The van der Waals surface area contributed by atoms with Gasteiger partial charge in [-0.05, 0) is 68.7 Å². The standard InChI is InChI=1S/C31H49N4O8.3CH3.Sn/c1-29(2,3)41-24(36)19-18-23(26(38)43-31(7,8)9)35-28(40)34-22(25(37)42-30(4,5)6)17-13-14-20-32-27(39)33-21-15-11-10-12-16-21;;;;/h11-12,15-16,22-23H,13-14,17-20H2,1-9H3,(H2,32,33,39)(H2,34,35,40);3*1H3;/t22-,23-;;;;/m0..../s1. The molecule has 2 atom stereocenters. The summed E-state index contributed by atoms with van der Waals surface area (Å²) in [5.74, 6) is -1.88. The van der Waals surface area contributed by atoms with Gasteiger partial charge in [0.05, 0.1) is 0 Å². The van der Waals surface area contributed by atoms with Crippen molar-refractivity contribution in [2.75, 3.05) is 11.9 Å². The molecule has 266 valence electrons. The molecular weight excluding hydrogens is 711 g/mol. The number of carbonyl (C=O) groups is 5. The summed E-state index contributed by atoms with van der Waals surface area (Å²) >= 11 is -2.17. The molecule has 0 spiro atoms. The molecule has 0 aliphatic heterocycles. The minimum absolute atomic E-state index is 0.0641. The van der Waals surface area contributed by atoms with Crippen LogP contribution in [0.1, 0.15) is 94.4 Å². The molecule has 0 aromatic heterocycles. The maximum absolute atomic E-state index is 13.1. The Bertz CT molecular complexity index is 1210. The van der Waals surface area contributed by atoms with Crippen molar-refractivity contribution in [3.8, 4) is 0 Å². The fourth-order valence-corrected chi connectivity index (χ4v) is 7.49. The van der Waals surface area contributed by atoms with E-state index in [9.17, 15) is 24.0 Å². The van der Waals surface area contributed by atoms with Gasteiger partial charge in [0.2, 0.25) is 0 Å². The van der Waals surface area contributed by atoms with Crippen molar-refractivity contribution in [3.63, 3.8) is 0 Å². The number of unbranched alkanes of at least 4 members (excludes halogenated alkanes) is 1. The van der Waals surface area contributed by atoms with Gasteiger partial charge in [-0.3, -0.25) is 4.79 Å². The van der Waals surface area contributed by atoms with Gasteiger partial charge in [0.1, 0.15) is 22.8 Å². The zero-order valence-electron chi connectivity index (χ0n) is 30.5. The Morgan fingerprint density at radius 3 is 1.57 bits per heavy atom. The first-order valence-electron chi connectivity index (χ1n) is 16.2. The SMILES string of the molecule is CC(C)(C)OC(=O)CC[C@H](NC(=O)N[C@@H](CCCCNC(=O)Nc1cc[c]([Sn]([CH3])([CH3])[CH3])cc1)C(=O)OC(C)(C)C)C(=O)OC(C)(C)C. The smallest absolute Gasteiger partial charge is 0.329 e. The van der Waals surface area contributed by atoms with Gasteiger partial charge < -0.3 is 24.8 Å². The van der Waals surface area contributed by atoms with Crippen molar-refractivity contribution in [1.29, 1.82) is 0 Å². The van der Waals surface area contributed by atoms with E-state index in [4.69, 9.17) is 14.2 Å². The number of urea groups is 2. The summed E-state index contributed by atoms with van der Waals surface area (Å²) in [7, 11) is 0. The van der Waals surface area contributed by atoms with Crippen molar-refractivity contribution < 1.29 is 38.2 Å². The molecule has 12 nitrogen and oxygen atoms in total.